The number of nitrogens with zero attached hydrogens (tertiary/aromatic N) is 1. The highest BCUT2D eigenvalue weighted by atomic mass is 16.3. The number of hydrogen-bond donors (Lipinski definition) is 1. The van der Waals surface area contributed by atoms with E-state index in [1.807, 2.05) is 0 Å². The molecule has 0 unspecified atom stereocenters. The van der Waals surface area contributed by atoms with Gasteiger partial charge >= 0.3 is 0 Å². The number of anilines is 5. The average Bonchev–Trinajstić information content (AvgIpc) is 3.84. The highest BCUT2D eigenvalue weighted by Gasteiger charge is 2.42. The van der Waals surface area contributed by atoms with Gasteiger partial charge < -0.3 is 19.1 Å². The monoisotopic (exact) mass is 834 g/mol. The minimum absolute atomic E-state index is 0.0229. The summed E-state index contributed by atoms with van der Waals surface area (Å²) in [4.78, 5) is 2.54. The SMILES string of the molecule is CC(C)(C)c1ccc(N2c3c(oc4cc5c(cc34)C(C)(C)CCC5(C)C)Bc3c(-c4cccc5c4Nc4ccccc4C5(C)C)cc4c(oc5ccccc54)c32)c(-c2ccccc2)c1. The van der Waals surface area contributed by atoms with Gasteiger partial charge in [-0.25, -0.2) is 0 Å². The third-order valence-corrected chi connectivity index (χ3v) is 15.3. The van der Waals surface area contributed by atoms with Crippen LogP contribution in [0, 0.1) is 0 Å². The molecule has 4 nitrogen and oxygen atoms in total. The molecule has 0 radical (unpaired) electrons. The summed E-state index contributed by atoms with van der Waals surface area (Å²) in [6, 6.07) is 49.5. The average molecular weight is 835 g/mol. The van der Waals surface area contributed by atoms with Crippen molar-refractivity contribution in [1.29, 1.82) is 0 Å². The third-order valence-electron chi connectivity index (χ3n) is 15.3. The van der Waals surface area contributed by atoms with Crippen LogP contribution >= 0.6 is 0 Å². The zero-order valence-electron chi connectivity index (χ0n) is 38.6. The minimum Gasteiger partial charge on any atom is -0.469 e. The van der Waals surface area contributed by atoms with Crippen LogP contribution in [-0.4, -0.2) is 7.28 Å². The van der Waals surface area contributed by atoms with Crippen molar-refractivity contribution in [2.45, 2.75) is 96.8 Å². The van der Waals surface area contributed by atoms with Gasteiger partial charge in [-0.05, 0) is 116 Å². The molecule has 316 valence electrons. The lowest BCUT2D eigenvalue weighted by atomic mass is 9.60. The van der Waals surface area contributed by atoms with Crippen LogP contribution in [0.2, 0.25) is 0 Å². The van der Waals surface area contributed by atoms with Gasteiger partial charge in [-0.15, -0.1) is 0 Å². The smallest absolute Gasteiger partial charge is 0.245 e. The maximum Gasteiger partial charge on any atom is 0.245 e. The fourth-order valence-corrected chi connectivity index (χ4v) is 11.5. The van der Waals surface area contributed by atoms with Gasteiger partial charge in [-0.1, -0.05) is 153 Å². The number of hydrogen-bond acceptors (Lipinski definition) is 4. The Kier molecular flexibility index (Phi) is 8.14. The van der Waals surface area contributed by atoms with Crippen molar-refractivity contribution in [1.82, 2.24) is 0 Å². The number of para-hydroxylation sites is 3. The van der Waals surface area contributed by atoms with E-state index in [2.05, 4.69) is 206 Å². The van der Waals surface area contributed by atoms with E-state index in [0.29, 0.717) is 7.28 Å². The van der Waals surface area contributed by atoms with Gasteiger partial charge in [0.05, 0.1) is 28.4 Å². The Morgan fingerprint density at radius 2 is 1.27 bits per heavy atom. The van der Waals surface area contributed by atoms with Gasteiger partial charge in [0.1, 0.15) is 11.2 Å². The quantitative estimate of drug-likeness (QED) is 0.180. The summed E-state index contributed by atoms with van der Waals surface area (Å²) in [5.74, 6) is 0. The van der Waals surface area contributed by atoms with Gasteiger partial charge in [0.2, 0.25) is 7.28 Å². The van der Waals surface area contributed by atoms with Crippen LogP contribution in [0.25, 0.3) is 55.2 Å². The van der Waals surface area contributed by atoms with E-state index < -0.39 is 0 Å². The van der Waals surface area contributed by atoms with Crippen LogP contribution in [0.3, 0.4) is 0 Å². The zero-order chi connectivity index (χ0) is 44.1. The molecule has 0 bridgehead atoms. The standard InChI is InChI=1S/C59H55BN2O2/c1-56(2,3)35-26-27-47(38(30-35)34-18-11-10-12-19-34)62-52-41-32-44-45(58(6,7)29-28-57(44,4)5)33-49(41)64-55(52)60-50-39(31-40-36-20-13-16-25-48(36)63-54(40)53(50)62)37-21-17-23-43-51(37)61-46-24-15-14-22-42(46)59(43,8)9/h10-27,30-33,60-61H,28-29H2,1-9H3. The topological polar surface area (TPSA) is 41.6 Å². The van der Waals surface area contributed by atoms with E-state index in [9.17, 15) is 0 Å². The summed E-state index contributed by atoms with van der Waals surface area (Å²) in [6.07, 6.45) is 2.28. The van der Waals surface area contributed by atoms with Crippen LogP contribution in [0.1, 0.15) is 103 Å². The van der Waals surface area contributed by atoms with Crippen LogP contribution in [0.5, 0.6) is 0 Å². The molecule has 7 aromatic carbocycles. The van der Waals surface area contributed by atoms with Gasteiger partial charge in [-0.2, -0.15) is 0 Å². The van der Waals surface area contributed by atoms with Crippen molar-refractivity contribution in [3.05, 3.63) is 161 Å². The fraction of sp³-hybridized carbons (Fsp3) is 0.254. The molecular formula is C59H55BN2O2. The molecule has 0 fully saturated rings. The third kappa shape index (κ3) is 5.62. The number of fused-ring (bicyclic) bond motifs is 11. The van der Waals surface area contributed by atoms with E-state index in [0.717, 1.165) is 79.8 Å². The second-order valence-electron chi connectivity index (χ2n) is 21.6. The first kappa shape index (κ1) is 39.2. The molecule has 9 aromatic rings. The first-order valence-corrected chi connectivity index (χ1v) is 23.2. The second-order valence-corrected chi connectivity index (χ2v) is 21.6. The largest absolute Gasteiger partial charge is 0.469 e. The lowest BCUT2D eigenvalue weighted by Crippen LogP contribution is -2.40. The second kappa shape index (κ2) is 13.3. The molecule has 0 saturated carbocycles. The van der Waals surface area contributed by atoms with E-state index in [4.69, 9.17) is 8.83 Å². The summed E-state index contributed by atoms with van der Waals surface area (Å²) in [6.45, 7) is 21.3. The highest BCUT2D eigenvalue weighted by Crippen LogP contribution is 2.54. The lowest BCUT2D eigenvalue weighted by molar-refractivity contribution is 0.332. The summed E-state index contributed by atoms with van der Waals surface area (Å²) >= 11 is 0. The van der Waals surface area contributed by atoms with Gasteiger partial charge in [0.15, 0.2) is 5.58 Å². The lowest BCUT2D eigenvalue weighted by Gasteiger charge is -2.42. The van der Waals surface area contributed by atoms with E-state index in [-0.39, 0.29) is 21.7 Å². The Hall–Kier alpha value is -6.46. The van der Waals surface area contributed by atoms with Crippen LogP contribution in [-0.2, 0) is 21.7 Å². The Labute approximate surface area is 377 Å². The summed E-state index contributed by atoms with van der Waals surface area (Å²) in [7, 11) is 0.611. The Bertz CT molecular complexity index is 3410. The maximum absolute atomic E-state index is 7.32. The van der Waals surface area contributed by atoms with Gasteiger partial charge in [-0.3, -0.25) is 0 Å². The highest BCUT2D eigenvalue weighted by molar-refractivity contribution is 6.73. The molecule has 2 aromatic heterocycles. The molecule has 0 atom stereocenters. The van der Waals surface area contributed by atoms with E-state index >= 15 is 0 Å². The molecule has 4 heterocycles. The van der Waals surface area contributed by atoms with Gasteiger partial charge in [0.25, 0.3) is 0 Å². The zero-order valence-corrected chi connectivity index (χ0v) is 38.6. The molecule has 5 heteroatoms. The first-order chi connectivity index (χ1) is 30.6. The molecule has 2 aliphatic heterocycles. The van der Waals surface area contributed by atoms with Crippen molar-refractivity contribution < 1.29 is 8.83 Å². The Balaban J connectivity index is 1.23. The molecule has 3 aliphatic rings. The summed E-state index contributed by atoms with van der Waals surface area (Å²) in [5.41, 5.74) is 21.6. The predicted octanol–water partition coefficient (Wildman–Crippen LogP) is 14.9. The van der Waals surface area contributed by atoms with Crippen molar-refractivity contribution >= 4 is 79.7 Å². The molecule has 0 saturated heterocycles. The summed E-state index contributed by atoms with van der Waals surface area (Å²) in [5, 5.41) is 7.33. The molecule has 1 aliphatic carbocycles. The van der Waals surface area contributed by atoms with Gasteiger partial charge in [0, 0.05) is 38.4 Å². The van der Waals surface area contributed by atoms with Crippen molar-refractivity contribution in [2.24, 2.45) is 0 Å². The van der Waals surface area contributed by atoms with E-state index in [1.54, 1.807) is 0 Å². The van der Waals surface area contributed by atoms with Crippen LogP contribution in [0.15, 0.2) is 142 Å². The molecule has 64 heavy (non-hydrogen) atoms. The normalized spacial score (nSPS) is 16.7. The number of furan rings is 2. The predicted molar refractivity (Wildman–Crippen MR) is 271 cm³/mol. The minimum atomic E-state index is -0.211. The first-order valence-electron chi connectivity index (χ1n) is 23.2. The number of rotatable bonds is 3. The Morgan fingerprint density at radius 1 is 0.562 bits per heavy atom. The molecule has 12 rings (SSSR count). The van der Waals surface area contributed by atoms with Crippen molar-refractivity contribution in [2.75, 3.05) is 10.2 Å². The molecular weight excluding hydrogens is 779 g/mol. The molecule has 1 N–H and O–H groups in total. The molecule has 0 spiro atoms. The summed E-state index contributed by atoms with van der Waals surface area (Å²) < 4.78 is 14.5. The van der Waals surface area contributed by atoms with Crippen molar-refractivity contribution in [3.63, 3.8) is 0 Å². The fourth-order valence-electron chi connectivity index (χ4n) is 11.5. The van der Waals surface area contributed by atoms with Crippen molar-refractivity contribution in [3.8, 4) is 22.3 Å². The van der Waals surface area contributed by atoms with Crippen LogP contribution < -0.4 is 21.3 Å². The maximum atomic E-state index is 7.32. The number of benzene rings is 7. The Morgan fingerprint density at radius 3 is 2.05 bits per heavy atom. The molecule has 0 amide bonds. The van der Waals surface area contributed by atoms with Crippen LogP contribution in [0.4, 0.5) is 28.4 Å². The van der Waals surface area contributed by atoms with E-state index in [1.165, 1.54) is 55.5 Å². The number of nitrogens with one attached hydrogen (secondary N) is 1.